The molecule has 0 unspecified atom stereocenters. The molecule has 1 fully saturated rings. The topological polar surface area (TPSA) is 58.6 Å². The van der Waals surface area contributed by atoms with Crippen LogP contribution in [0.1, 0.15) is 23.2 Å². The molecule has 0 aromatic heterocycles. The fourth-order valence-corrected chi connectivity index (χ4v) is 2.66. The SMILES string of the molecule is O=C(NCC1(O)CCOCC1)c1ccc(F)cc1I. The van der Waals surface area contributed by atoms with Crippen molar-refractivity contribution in [3.8, 4) is 0 Å². The van der Waals surface area contributed by atoms with Gasteiger partial charge in [0, 0.05) is 36.2 Å². The van der Waals surface area contributed by atoms with E-state index in [1.165, 1.54) is 18.2 Å². The van der Waals surface area contributed by atoms with Crippen LogP contribution in [0.3, 0.4) is 0 Å². The van der Waals surface area contributed by atoms with Crippen LogP contribution in [0, 0.1) is 9.39 Å². The van der Waals surface area contributed by atoms with Crippen molar-refractivity contribution in [2.75, 3.05) is 19.8 Å². The van der Waals surface area contributed by atoms with E-state index >= 15 is 0 Å². The van der Waals surface area contributed by atoms with Crippen molar-refractivity contribution in [3.05, 3.63) is 33.1 Å². The number of carbonyl (C=O) groups excluding carboxylic acids is 1. The predicted molar refractivity (Wildman–Crippen MR) is 76.5 cm³/mol. The van der Waals surface area contributed by atoms with Gasteiger partial charge >= 0.3 is 0 Å². The van der Waals surface area contributed by atoms with E-state index < -0.39 is 5.60 Å². The number of benzene rings is 1. The van der Waals surface area contributed by atoms with Gasteiger partial charge in [-0.05, 0) is 40.8 Å². The first kappa shape index (κ1) is 14.7. The fourth-order valence-electron chi connectivity index (χ4n) is 1.94. The normalized spacial score (nSPS) is 18.1. The van der Waals surface area contributed by atoms with Gasteiger partial charge in [0.05, 0.1) is 11.2 Å². The zero-order chi connectivity index (χ0) is 13.9. The Kier molecular flexibility index (Phi) is 4.75. The van der Waals surface area contributed by atoms with E-state index in [9.17, 15) is 14.3 Å². The minimum Gasteiger partial charge on any atom is -0.388 e. The van der Waals surface area contributed by atoms with Gasteiger partial charge in [0.15, 0.2) is 0 Å². The van der Waals surface area contributed by atoms with Gasteiger partial charge in [-0.3, -0.25) is 4.79 Å². The van der Waals surface area contributed by atoms with E-state index in [2.05, 4.69) is 5.32 Å². The third kappa shape index (κ3) is 3.87. The van der Waals surface area contributed by atoms with Crippen LogP contribution in [-0.4, -0.2) is 36.4 Å². The highest BCUT2D eigenvalue weighted by atomic mass is 127. The summed E-state index contributed by atoms with van der Waals surface area (Å²) >= 11 is 1.92. The van der Waals surface area contributed by atoms with Crippen molar-refractivity contribution < 1.29 is 19.0 Å². The predicted octanol–water partition coefficient (Wildman–Crippen LogP) is 1.70. The van der Waals surface area contributed by atoms with Gasteiger partial charge in [-0.25, -0.2) is 4.39 Å². The molecule has 1 amide bonds. The van der Waals surface area contributed by atoms with Crippen LogP contribution >= 0.6 is 22.6 Å². The van der Waals surface area contributed by atoms with Crippen LogP contribution in [-0.2, 0) is 4.74 Å². The molecular weight excluding hydrogens is 364 g/mol. The van der Waals surface area contributed by atoms with Gasteiger partial charge in [0.1, 0.15) is 5.82 Å². The molecule has 6 heteroatoms. The Morgan fingerprint density at radius 2 is 2.16 bits per heavy atom. The summed E-state index contributed by atoms with van der Waals surface area (Å²) in [5.41, 5.74) is -0.489. The van der Waals surface area contributed by atoms with E-state index in [-0.39, 0.29) is 18.3 Å². The quantitative estimate of drug-likeness (QED) is 0.787. The Morgan fingerprint density at radius 1 is 1.47 bits per heavy atom. The number of ether oxygens (including phenoxy) is 1. The molecule has 0 radical (unpaired) electrons. The monoisotopic (exact) mass is 379 g/mol. The molecule has 0 atom stereocenters. The van der Waals surface area contributed by atoms with E-state index in [0.717, 1.165) is 0 Å². The summed E-state index contributed by atoms with van der Waals surface area (Å²) in [5.74, 6) is -0.673. The average Bonchev–Trinajstić information content (AvgIpc) is 2.37. The molecule has 104 valence electrons. The van der Waals surface area contributed by atoms with Crippen molar-refractivity contribution in [1.29, 1.82) is 0 Å². The summed E-state index contributed by atoms with van der Waals surface area (Å²) in [6.07, 6.45) is 1.02. The van der Waals surface area contributed by atoms with Crippen molar-refractivity contribution in [1.82, 2.24) is 5.32 Å². The molecule has 0 aliphatic carbocycles. The van der Waals surface area contributed by atoms with Crippen LogP contribution in [0.25, 0.3) is 0 Å². The lowest BCUT2D eigenvalue weighted by Gasteiger charge is -2.32. The Bertz CT molecular complexity index is 475. The second-order valence-corrected chi connectivity index (χ2v) is 5.81. The Labute approximate surface area is 124 Å². The van der Waals surface area contributed by atoms with Crippen LogP contribution in [0.4, 0.5) is 4.39 Å². The Hall–Kier alpha value is -0.730. The maximum Gasteiger partial charge on any atom is 0.252 e. The highest BCUT2D eigenvalue weighted by Crippen LogP contribution is 2.20. The van der Waals surface area contributed by atoms with Crippen LogP contribution < -0.4 is 5.32 Å². The molecule has 1 saturated heterocycles. The summed E-state index contributed by atoms with van der Waals surface area (Å²) in [4.78, 5) is 12.0. The highest BCUT2D eigenvalue weighted by molar-refractivity contribution is 14.1. The number of aliphatic hydroxyl groups is 1. The first-order valence-electron chi connectivity index (χ1n) is 6.04. The molecule has 1 aromatic carbocycles. The largest absolute Gasteiger partial charge is 0.388 e. The molecule has 1 aliphatic heterocycles. The maximum atomic E-state index is 13.0. The van der Waals surface area contributed by atoms with Gasteiger partial charge in [-0.15, -0.1) is 0 Å². The number of amides is 1. The molecule has 1 aromatic rings. The third-order valence-corrected chi connectivity index (χ3v) is 4.07. The summed E-state index contributed by atoms with van der Waals surface area (Å²) in [6, 6.07) is 4.00. The standard InChI is InChI=1S/C13H15FINO3/c14-9-1-2-10(11(15)7-9)12(17)16-8-13(18)3-5-19-6-4-13/h1-2,7,18H,3-6,8H2,(H,16,17). The molecule has 0 saturated carbocycles. The summed E-state index contributed by atoms with van der Waals surface area (Å²) in [5, 5.41) is 12.9. The van der Waals surface area contributed by atoms with Crippen molar-refractivity contribution in [2.45, 2.75) is 18.4 Å². The second-order valence-electron chi connectivity index (χ2n) is 4.64. The number of hydrogen-bond acceptors (Lipinski definition) is 3. The molecule has 0 spiro atoms. The van der Waals surface area contributed by atoms with Gasteiger partial charge in [0.2, 0.25) is 0 Å². The maximum absolute atomic E-state index is 13.0. The number of hydrogen-bond donors (Lipinski definition) is 2. The van der Waals surface area contributed by atoms with Crippen LogP contribution in [0.15, 0.2) is 18.2 Å². The molecule has 1 heterocycles. The fraction of sp³-hybridized carbons (Fsp3) is 0.462. The first-order valence-corrected chi connectivity index (χ1v) is 7.11. The number of halogens is 2. The molecule has 2 rings (SSSR count). The van der Waals surface area contributed by atoms with Crippen molar-refractivity contribution >= 4 is 28.5 Å². The lowest BCUT2D eigenvalue weighted by Crippen LogP contribution is -2.46. The Balaban J connectivity index is 1.97. The van der Waals surface area contributed by atoms with E-state index in [1.807, 2.05) is 22.6 Å². The number of nitrogens with one attached hydrogen (secondary N) is 1. The van der Waals surface area contributed by atoms with Crippen LogP contribution in [0.5, 0.6) is 0 Å². The van der Waals surface area contributed by atoms with Crippen LogP contribution in [0.2, 0.25) is 0 Å². The number of rotatable bonds is 3. The van der Waals surface area contributed by atoms with Gasteiger partial charge in [-0.2, -0.15) is 0 Å². The Morgan fingerprint density at radius 3 is 2.79 bits per heavy atom. The molecule has 0 bridgehead atoms. The second kappa shape index (κ2) is 6.15. The first-order chi connectivity index (χ1) is 9.00. The van der Waals surface area contributed by atoms with Gasteiger partial charge < -0.3 is 15.2 Å². The summed E-state index contributed by atoms with van der Waals surface area (Å²) < 4.78 is 18.7. The molecule has 19 heavy (non-hydrogen) atoms. The smallest absolute Gasteiger partial charge is 0.252 e. The van der Waals surface area contributed by atoms with E-state index in [4.69, 9.17) is 4.74 Å². The lowest BCUT2D eigenvalue weighted by atomic mass is 9.94. The highest BCUT2D eigenvalue weighted by Gasteiger charge is 2.30. The zero-order valence-corrected chi connectivity index (χ0v) is 12.4. The minimum atomic E-state index is -0.903. The minimum absolute atomic E-state index is 0.183. The lowest BCUT2D eigenvalue weighted by molar-refractivity contribution is -0.0605. The van der Waals surface area contributed by atoms with Crippen molar-refractivity contribution in [3.63, 3.8) is 0 Å². The number of carbonyl (C=O) groups is 1. The molecular formula is C13H15FINO3. The molecule has 4 nitrogen and oxygen atoms in total. The summed E-state index contributed by atoms with van der Waals surface area (Å²) in [7, 11) is 0. The van der Waals surface area contributed by atoms with Gasteiger partial charge in [0.25, 0.3) is 5.91 Å². The van der Waals surface area contributed by atoms with Gasteiger partial charge in [-0.1, -0.05) is 0 Å². The van der Waals surface area contributed by atoms with E-state index in [0.29, 0.717) is 35.2 Å². The molecule has 2 N–H and O–H groups in total. The summed E-state index contributed by atoms with van der Waals surface area (Å²) in [6.45, 7) is 1.18. The van der Waals surface area contributed by atoms with Crippen molar-refractivity contribution in [2.24, 2.45) is 0 Å². The average molecular weight is 379 g/mol. The zero-order valence-electron chi connectivity index (χ0n) is 10.3. The van der Waals surface area contributed by atoms with E-state index in [1.54, 1.807) is 0 Å². The molecule has 1 aliphatic rings. The third-order valence-electron chi connectivity index (χ3n) is 3.18.